The second kappa shape index (κ2) is 8.09. The van der Waals surface area contributed by atoms with Crippen LogP contribution >= 0.6 is 0 Å². The van der Waals surface area contributed by atoms with Gasteiger partial charge in [-0.3, -0.25) is 14.3 Å². The second-order valence-electron chi connectivity index (χ2n) is 5.44. The normalized spacial score (nSPS) is 10.3. The van der Waals surface area contributed by atoms with Gasteiger partial charge in [0.15, 0.2) is 6.61 Å². The molecule has 2 N–H and O–H groups in total. The van der Waals surface area contributed by atoms with Crippen molar-refractivity contribution in [3.05, 3.63) is 47.8 Å². The molecule has 1 aromatic heterocycles. The van der Waals surface area contributed by atoms with Crippen molar-refractivity contribution in [2.75, 3.05) is 18.1 Å². The monoisotopic (exact) mass is 344 g/mol. The van der Waals surface area contributed by atoms with E-state index in [0.717, 1.165) is 0 Å². The number of ether oxygens (including phenoxy) is 1. The van der Waals surface area contributed by atoms with E-state index in [9.17, 15) is 14.4 Å². The summed E-state index contributed by atoms with van der Waals surface area (Å²) in [5.41, 5.74) is 6.71. The van der Waals surface area contributed by atoms with Crippen molar-refractivity contribution in [3.63, 3.8) is 0 Å². The molecule has 0 atom stereocenters. The van der Waals surface area contributed by atoms with Crippen molar-refractivity contribution >= 4 is 23.5 Å². The van der Waals surface area contributed by atoms with Gasteiger partial charge in [-0.25, -0.2) is 4.79 Å². The van der Waals surface area contributed by atoms with E-state index in [4.69, 9.17) is 10.5 Å². The summed E-state index contributed by atoms with van der Waals surface area (Å²) in [4.78, 5) is 37.0. The molecule has 8 heteroatoms. The van der Waals surface area contributed by atoms with Crippen LogP contribution in [-0.2, 0) is 21.4 Å². The predicted molar refractivity (Wildman–Crippen MR) is 90.8 cm³/mol. The maximum atomic E-state index is 12.5. The van der Waals surface area contributed by atoms with E-state index in [-0.39, 0.29) is 13.0 Å². The zero-order valence-corrected chi connectivity index (χ0v) is 14.1. The number of carbonyl (C=O) groups is 3. The number of primary amides is 1. The van der Waals surface area contributed by atoms with Crippen LogP contribution in [0.15, 0.2) is 36.5 Å². The Labute approximate surface area is 145 Å². The molecular formula is C17H20N4O4. The number of benzene rings is 1. The number of aromatic nitrogens is 2. The summed E-state index contributed by atoms with van der Waals surface area (Å²) in [6, 6.07) is 8.80. The number of hydrogen-bond acceptors (Lipinski definition) is 5. The van der Waals surface area contributed by atoms with Crippen molar-refractivity contribution in [1.29, 1.82) is 0 Å². The lowest BCUT2D eigenvalue weighted by molar-refractivity contribution is -0.121. The minimum absolute atomic E-state index is 0.0102. The Bertz CT molecular complexity index is 770. The van der Waals surface area contributed by atoms with Gasteiger partial charge in [-0.2, -0.15) is 5.10 Å². The van der Waals surface area contributed by atoms with Crippen molar-refractivity contribution in [2.45, 2.75) is 13.3 Å². The minimum Gasteiger partial charge on any atom is -0.452 e. The quantitative estimate of drug-likeness (QED) is 0.747. The average molecular weight is 344 g/mol. The number of nitrogens with zero attached hydrogens (tertiary/aromatic N) is 3. The number of anilines is 1. The molecule has 8 nitrogen and oxygen atoms in total. The van der Waals surface area contributed by atoms with Gasteiger partial charge in [0.25, 0.3) is 5.91 Å². The van der Waals surface area contributed by atoms with Gasteiger partial charge in [0, 0.05) is 31.4 Å². The Morgan fingerprint density at radius 2 is 1.92 bits per heavy atom. The summed E-state index contributed by atoms with van der Waals surface area (Å²) in [5.74, 6) is -1.58. The third-order valence-electron chi connectivity index (χ3n) is 3.73. The van der Waals surface area contributed by atoms with Gasteiger partial charge in [0.05, 0.1) is 6.20 Å². The lowest BCUT2D eigenvalue weighted by Crippen LogP contribution is -2.37. The summed E-state index contributed by atoms with van der Waals surface area (Å²) in [6.45, 7) is 1.40. The Kier molecular flexibility index (Phi) is 5.89. The molecule has 0 aliphatic carbocycles. The Morgan fingerprint density at radius 1 is 1.24 bits per heavy atom. The second-order valence-corrected chi connectivity index (χ2v) is 5.44. The summed E-state index contributed by atoms with van der Waals surface area (Å²) in [5, 5.41) is 3.96. The lowest BCUT2D eigenvalue weighted by atomic mass is 10.2. The molecule has 0 bridgehead atoms. The average Bonchev–Trinajstić information content (AvgIpc) is 2.93. The fraction of sp³-hybridized carbons (Fsp3) is 0.294. The zero-order valence-electron chi connectivity index (χ0n) is 14.1. The van der Waals surface area contributed by atoms with Gasteiger partial charge in [0.1, 0.15) is 5.56 Å². The van der Waals surface area contributed by atoms with E-state index in [0.29, 0.717) is 16.9 Å². The minimum atomic E-state index is -0.623. The van der Waals surface area contributed by atoms with Crippen molar-refractivity contribution < 1.29 is 19.1 Å². The number of nitrogens with two attached hydrogens (primary N) is 1. The van der Waals surface area contributed by atoms with Crippen LogP contribution in [0.5, 0.6) is 0 Å². The van der Waals surface area contributed by atoms with Gasteiger partial charge in [-0.1, -0.05) is 18.2 Å². The van der Waals surface area contributed by atoms with Crippen LogP contribution in [0.2, 0.25) is 0 Å². The van der Waals surface area contributed by atoms with E-state index in [1.54, 1.807) is 42.9 Å². The van der Waals surface area contributed by atoms with Crippen LogP contribution in [0.1, 0.15) is 22.5 Å². The van der Waals surface area contributed by atoms with Crippen molar-refractivity contribution in [2.24, 2.45) is 12.8 Å². The van der Waals surface area contributed by atoms with Gasteiger partial charge in [-0.15, -0.1) is 0 Å². The van der Waals surface area contributed by atoms with E-state index in [1.807, 2.05) is 6.07 Å². The summed E-state index contributed by atoms with van der Waals surface area (Å²) in [7, 11) is 1.71. The Balaban J connectivity index is 2.05. The first-order valence-electron chi connectivity index (χ1n) is 7.69. The molecule has 2 rings (SSSR count). The van der Waals surface area contributed by atoms with Crippen LogP contribution in [0, 0.1) is 6.92 Å². The van der Waals surface area contributed by atoms with Crippen molar-refractivity contribution in [3.8, 4) is 0 Å². The van der Waals surface area contributed by atoms with Gasteiger partial charge in [-0.05, 0) is 19.1 Å². The molecule has 0 radical (unpaired) electrons. The highest BCUT2D eigenvalue weighted by atomic mass is 16.5. The first-order valence-corrected chi connectivity index (χ1v) is 7.69. The van der Waals surface area contributed by atoms with Gasteiger partial charge in [0.2, 0.25) is 5.91 Å². The summed E-state index contributed by atoms with van der Waals surface area (Å²) < 4.78 is 6.64. The molecule has 132 valence electrons. The molecule has 1 heterocycles. The zero-order chi connectivity index (χ0) is 18.4. The highest BCUT2D eigenvalue weighted by Gasteiger charge is 2.20. The fourth-order valence-electron chi connectivity index (χ4n) is 2.21. The maximum absolute atomic E-state index is 12.5. The van der Waals surface area contributed by atoms with Crippen molar-refractivity contribution in [1.82, 2.24) is 9.78 Å². The molecule has 1 aromatic carbocycles. The molecule has 0 fully saturated rings. The highest BCUT2D eigenvalue weighted by Crippen LogP contribution is 2.14. The SMILES string of the molecule is Cc1c(C(=O)OCC(=O)N(CCC(N)=O)c2ccccc2)cnn1C. The predicted octanol–water partition coefficient (Wildman–Crippen LogP) is 0.794. The third kappa shape index (κ3) is 4.66. The lowest BCUT2D eigenvalue weighted by Gasteiger charge is -2.22. The third-order valence-corrected chi connectivity index (χ3v) is 3.73. The summed E-state index contributed by atoms with van der Waals surface area (Å²) in [6.07, 6.45) is 1.40. The van der Waals surface area contributed by atoms with E-state index >= 15 is 0 Å². The first-order chi connectivity index (χ1) is 11.9. The molecule has 2 aromatic rings. The maximum Gasteiger partial charge on any atom is 0.342 e. The van der Waals surface area contributed by atoms with Gasteiger partial charge >= 0.3 is 5.97 Å². The van der Waals surface area contributed by atoms with E-state index < -0.39 is 24.4 Å². The topological polar surface area (TPSA) is 108 Å². The number of rotatable bonds is 7. The number of amides is 2. The van der Waals surface area contributed by atoms with E-state index in [1.165, 1.54) is 11.1 Å². The smallest absolute Gasteiger partial charge is 0.342 e. The summed E-state index contributed by atoms with van der Waals surface area (Å²) >= 11 is 0. The van der Waals surface area contributed by atoms with Gasteiger partial charge < -0.3 is 15.4 Å². The fourth-order valence-corrected chi connectivity index (χ4v) is 2.21. The van der Waals surface area contributed by atoms with Crippen LogP contribution in [0.25, 0.3) is 0 Å². The molecule has 2 amide bonds. The van der Waals surface area contributed by atoms with E-state index in [2.05, 4.69) is 5.10 Å². The van der Waals surface area contributed by atoms with Crippen LogP contribution in [0.4, 0.5) is 5.69 Å². The largest absolute Gasteiger partial charge is 0.452 e. The van der Waals surface area contributed by atoms with Crippen LogP contribution < -0.4 is 10.6 Å². The number of hydrogen-bond donors (Lipinski definition) is 1. The van der Waals surface area contributed by atoms with Crippen LogP contribution in [-0.4, -0.2) is 40.7 Å². The molecule has 0 saturated carbocycles. The standard InChI is InChI=1S/C17H20N4O4/c1-12-14(10-19-20(12)2)17(24)25-11-16(23)21(9-8-15(18)22)13-6-4-3-5-7-13/h3-7,10H,8-9,11H2,1-2H3,(H2,18,22). The highest BCUT2D eigenvalue weighted by molar-refractivity contribution is 5.97. The molecule has 0 unspecified atom stereocenters. The number of aryl methyl sites for hydroxylation is 1. The molecule has 0 aliphatic rings. The number of carbonyl (C=O) groups excluding carboxylic acids is 3. The molecule has 0 aliphatic heterocycles. The van der Waals surface area contributed by atoms with Crippen LogP contribution in [0.3, 0.4) is 0 Å². The molecule has 0 saturated heterocycles. The Morgan fingerprint density at radius 3 is 2.48 bits per heavy atom. The molecule has 0 spiro atoms. The Hall–Kier alpha value is -3.16. The number of para-hydroxylation sites is 1. The molecule has 25 heavy (non-hydrogen) atoms. The first kappa shape index (κ1) is 18.2. The molecular weight excluding hydrogens is 324 g/mol. The number of esters is 1.